The second-order valence-electron chi connectivity index (χ2n) is 9.25. The van der Waals surface area contributed by atoms with Gasteiger partial charge in [-0.1, -0.05) is 89.5 Å². The Labute approximate surface area is 223 Å². The molecule has 0 N–H and O–H groups in total. The van der Waals surface area contributed by atoms with Crippen molar-refractivity contribution in [3.05, 3.63) is 58.7 Å². The van der Waals surface area contributed by atoms with Gasteiger partial charge in [0.05, 0.1) is 24.3 Å². The third-order valence-corrected chi connectivity index (χ3v) is 6.32. The first-order chi connectivity index (χ1) is 18.5. The molecule has 0 heterocycles. The van der Waals surface area contributed by atoms with Crippen molar-refractivity contribution in [3.63, 3.8) is 0 Å². The van der Waals surface area contributed by atoms with Crippen LogP contribution in [0.1, 0.15) is 110 Å². The highest BCUT2D eigenvalue weighted by molar-refractivity contribution is 6.30. The Balaban J connectivity index is 1.67. The number of carbonyl (C=O) groups is 4. The van der Waals surface area contributed by atoms with Crippen molar-refractivity contribution in [2.45, 2.75) is 78.1 Å². The number of ether oxygens (including phenoxy) is 4. The first kappa shape index (κ1) is 28.9. The van der Waals surface area contributed by atoms with Crippen molar-refractivity contribution < 1.29 is 38.1 Å². The molecule has 1 aliphatic carbocycles. The summed E-state index contributed by atoms with van der Waals surface area (Å²) < 4.78 is 20.9. The molecule has 0 aliphatic heterocycles. The van der Waals surface area contributed by atoms with Gasteiger partial charge in [-0.05, 0) is 25.0 Å². The van der Waals surface area contributed by atoms with Crippen LogP contribution >= 0.6 is 0 Å². The lowest BCUT2D eigenvalue weighted by Crippen LogP contribution is -2.24. The molecule has 0 aromatic heterocycles. The van der Waals surface area contributed by atoms with Crippen LogP contribution in [0.25, 0.3) is 0 Å². The maximum absolute atomic E-state index is 13.4. The van der Waals surface area contributed by atoms with Crippen molar-refractivity contribution in [3.8, 4) is 11.5 Å². The van der Waals surface area contributed by atoms with E-state index in [9.17, 15) is 19.2 Å². The zero-order valence-electron chi connectivity index (χ0n) is 22.2. The largest absolute Gasteiger partial charge is 0.513 e. The highest BCUT2D eigenvalue weighted by Crippen LogP contribution is 2.37. The van der Waals surface area contributed by atoms with Crippen molar-refractivity contribution >= 4 is 23.9 Å². The smallest absolute Gasteiger partial charge is 0.434 e. The minimum atomic E-state index is -0.936. The number of rotatable bonds is 14. The van der Waals surface area contributed by atoms with Gasteiger partial charge >= 0.3 is 12.3 Å². The summed E-state index contributed by atoms with van der Waals surface area (Å²) in [6, 6.07) is 8.84. The van der Waals surface area contributed by atoms with E-state index >= 15 is 0 Å². The van der Waals surface area contributed by atoms with Crippen LogP contribution in [0.3, 0.4) is 0 Å². The normalized spacial score (nSPS) is 11.9. The summed E-state index contributed by atoms with van der Waals surface area (Å²) in [5, 5.41) is 0. The molecule has 3 rings (SSSR count). The van der Waals surface area contributed by atoms with Crippen molar-refractivity contribution in [2.75, 3.05) is 13.2 Å². The molecule has 0 spiro atoms. The van der Waals surface area contributed by atoms with E-state index in [1.807, 2.05) is 0 Å². The standard InChI is InChI=1S/C30H36O8/c1-3-5-7-9-11-19-35-29(33)37-23-17-13-15-21-25(23)27(31)22-16-14-18-24(26(22)28(21)32)38-30(34)36-20-12-10-8-6-4-2/h13-18H,3-12,19-20H2,1-2H3. The predicted molar refractivity (Wildman–Crippen MR) is 141 cm³/mol. The van der Waals surface area contributed by atoms with Crippen LogP contribution in [-0.4, -0.2) is 37.1 Å². The molecule has 8 nitrogen and oxygen atoms in total. The fourth-order valence-electron chi connectivity index (χ4n) is 4.31. The van der Waals surface area contributed by atoms with Gasteiger partial charge in [0, 0.05) is 11.1 Å². The second kappa shape index (κ2) is 14.9. The van der Waals surface area contributed by atoms with Gasteiger partial charge in [0.25, 0.3) is 0 Å². The Morgan fingerprint density at radius 2 is 0.974 bits per heavy atom. The topological polar surface area (TPSA) is 105 Å². The monoisotopic (exact) mass is 524 g/mol. The molecule has 0 atom stereocenters. The molecule has 0 saturated heterocycles. The molecule has 0 fully saturated rings. The van der Waals surface area contributed by atoms with Crippen LogP contribution in [0.15, 0.2) is 36.4 Å². The molecule has 2 aromatic carbocycles. The van der Waals surface area contributed by atoms with Gasteiger partial charge in [-0.25, -0.2) is 9.59 Å². The minimum Gasteiger partial charge on any atom is -0.434 e. The van der Waals surface area contributed by atoms with Crippen molar-refractivity contribution in [2.24, 2.45) is 0 Å². The summed E-state index contributed by atoms with van der Waals surface area (Å²) in [5.74, 6) is -1.16. The van der Waals surface area contributed by atoms with Crippen LogP contribution in [0.5, 0.6) is 11.5 Å². The lowest BCUT2D eigenvalue weighted by Gasteiger charge is -2.21. The fraction of sp³-hybridized carbons (Fsp3) is 0.467. The molecule has 0 saturated carbocycles. The number of unbranched alkanes of at least 4 members (excludes halogenated alkanes) is 8. The molecule has 0 unspecified atom stereocenters. The van der Waals surface area contributed by atoms with Crippen LogP contribution in [0.4, 0.5) is 9.59 Å². The Kier molecular flexibility index (Phi) is 11.3. The Morgan fingerprint density at radius 1 is 0.579 bits per heavy atom. The summed E-state index contributed by atoms with van der Waals surface area (Å²) in [6.45, 7) is 4.67. The third-order valence-electron chi connectivity index (χ3n) is 6.32. The van der Waals surface area contributed by atoms with Crippen LogP contribution in [0, 0.1) is 0 Å². The Hall–Kier alpha value is -3.68. The maximum atomic E-state index is 13.4. The van der Waals surface area contributed by atoms with Gasteiger partial charge < -0.3 is 18.9 Å². The number of carbonyl (C=O) groups excluding carboxylic acids is 4. The SMILES string of the molecule is CCCCCCCOC(=O)Oc1cccc2c1C(=O)c1cccc(OC(=O)OCCCCCCC)c1C2=O. The molecular formula is C30H36O8. The van der Waals surface area contributed by atoms with E-state index in [0.717, 1.165) is 64.2 Å². The van der Waals surface area contributed by atoms with Gasteiger partial charge in [0.1, 0.15) is 11.5 Å². The van der Waals surface area contributed by atoms with E-state index in [0.29, 0.717) is 0 Å². The number of benzene rings is 2. The van der Waals surface area contributed by atoms with Gasteiger partial charge in [0.15, 0.2) is 11.6 Å². The first-order valence-corrected chi connectivity index (χ1v) is 13.5. The molecule has 0 bridgehead atoms. The van der Waals surface area contributed by atoms with E-state index in [1.165, 1.54) is 36.4 Å². The van der Waals surface area contributed by atoms with Gasteiger partial charge in [-0.3, -0.25) is 9.59 Å². The molecule has 8 heteroatoms. The summed E-state index contributed by atoms with van der Waals surface area (Å²) in [5.41, 5.74) is 0.0359. The Bertz CT molecular complexity index is 1050. The van der Waals surface area contributed by atoms with Gasteiger partial charge in [-0.2, -0.15) is 0 Å². The van der Waals surface area contributed by atoms with Crippen molar-refractivity contribution in [1.82, 2.24) is 0 Å². The number of hydrogen-bond donors (Lipinski definition) is 0. The fourth-order valence-corrected chi connectivity index (χ4v) is 4.31. The number of fused-ring (bicyclic) bond motifs is 2. The quantitative estimate of drug-likeness (QED) is 0.122. The Morgan fingerprint density at radius 3 is 1.37 bits per heavy atom. The van der Waals surface area contributed by atoms with E-state index in [4.69, 9.17) is 18.9 Å². The zero-order valence-corrected chi connectivity index (χ0v) is 22.2. The molecule has 0 radical (unpaired) electrons. The van der Waals surface area contributed by atoms with E-state index in [-0.39, 0.29) is 47.0 Å². The lowest BCUT2D eigenvalue weighted by molar-refractivity contribution is 0.0911. The van der Waals surface area contributed by atoms with E-state index in [1.54, 1.807) is 0 Å². The average molecular weight is 525 g/mol. The minimum absolute atomic E-state index is 0.0308. The summed E-state index contributed by atoms with van der Waals surface area (Å²) in [6.07, 6.45) is 8.10. The van der Waals surface area contributed by atoms with Gasteiger partial charge in [-0.15, -0.1) is 0 Å². The number of hydrogen-bond acceptors (Lipinski definition) is 8. The molecular weight excluding hydrogens is 488 g/mol. The average Bonchev–Trinajstić information content (AvgIpc) is 2.91. The second-order valence-corrected chi connectivity index (χ2v) is 9.25. The summed E-state index contributed by atoms with van der Waals surface area (Å²) in [4.78, 5) is 51.3. The van der Waals surface area contributed by atoms with Crippen LogP contribution in [-0.2, 0) is 9.47 Å². The third kappa shape index (κ3) is 7.66. The molecule has 38 heavy (non-hydrogen) atoms. The lowest BCUT2D eigenvalue weighted by atomic mass is 9.83. The molecule has 0 amide bonds. The van der Waals surface area contributed by atoms with Crippen LogP contribution in [0.2, 0.25) is 0 Å². The highest BCUT2D eigenvalue weighted by Gasteiger charge is 2.35. The van der Waals surface area contributed by atoms with Gasteiger partial charge in [0.2, 0.25) is 0 Å². The van der Waals surface area contributed by atoms with Crippen LogP contribution < -0.4 is 9.47 Å². The molecule has 2 aromatic rings. The van der Waals surface area contributed by atoms with E-state index in [2.05, 4.69) is 13.8 Å². The zero-order chi connectivity index (χ0) is 27.3. The first-order valence-electron chi connectivity index (χ1n) is 13.5. The highest BCUT2D eigenvalue weighted by atomic mass is 16.7. The predicted octanol–water partition coefficient (Wildman–Crippen LogP) is 7.43. The van der Waals surface area contributed by atoms with Crippen molar-refractivity contribution in [1.29, 1.82) is 0 Å². The number of ketones is 2. The molecule has 204 valence electrons. The van der Waals surface area contributed by atoms with E-state index < -0.39 is 23.9 Å². The maximum Gasteiger partial charge on any atom is 0.513 e. The summed E-state index contributed by atoms with van der Waals surface area (Å²) in [7, 11) is 0. The summed E-state index contributed by atoms with van der Waals surface area (Å²) >= 11 is 0. The molecule has 1 aliphatic rings.